The van der Waals surface area contributed by atoms with Crippen molar-refractivity contribution in [2.24, 2.45) is 0 Å². The molecular formula is C11H19NO2. The van der Waals surface area contributed by atoms with Gasteiger partial charge in [0.15, 0.2) is 0 Å². The number of ether oxygens (including phenoxy) is 1. The third-order valence-electron chi connectivity index (χ3n) is 2.58. The van der Waals surface area contributed by atoms with Crippen LogP contribution in [0.2, 0.25) is 0 Å². The highest BCUT2D eigenvalue weighted by Crippen LogP contribution is 2.27. The molecule has 3 heteroatoms. The molecule has 1 aliphatic rings. The van der Waals surface area contributed by atoms with Crippen LogP contribution in [0.5, 0.6) is 0 Å². The van der Waals surface area contributed by atoms with Gasteiger partial charge in [-0.3, -0.25) is 10.1 Å². The number of rotatable bonds is 2. The first-order chi connectivity index (χ1) is 6.29. The van der Waals surface area contributed by atoms with Crippen molar-refractivity contribution in [1.82, 2.24) is 5.32 Å². The number of carbonyl (C=O) groups excluding carboxylic acids is 1. The molecule has 1 N–H and O–H groups in total. The molecule has 80 valence electrons. The summed E-state index contributed by atoms with van der Waals surface area (Å²) >= 11 is 0. The monoisotopic (exact) mass is 197 g/mol. The van der Waals surface area contributed by atoms with Crippen molar-refractivity contribution < 1.29 is 9.53 Å². The summed E-state index contributed by atoms with van der Waals surface area (Å²) in [4.78, 5) is 11.6. The number of hydrogen-bond donors (Lipinski definition) is 1. The summed E-state index contributed by atoms with van der Waals surface area (Å²) < 4.78 is 5.38. The highest BCUT2D eigenvalue weighted by molar-refractivity contribution is 5.81. The topological polar surface area (TPSA) is 38.3 Å². The maximum absolute atomic E-state index is 11.6. The zero-order valence-electron chi connectivity index (χ0n) is 9.39. The van der Waals surface area contributed by atoms with E-state index in [2.05, 4.69) is 11.9 Å². The van der Waals surface area contributed by atoms with Gasteiger partial charge in [0.1, 0.15) is 11.6 Å². The standard InChI is InChI=1S/C11H19NO2/c1-6-7-8-10(2,3)12-11(4,5)9(13)14-8/h6,8,12H,1,7H2,2-5H3. The first-order valence-corrected chi connectivity index (χ1v) is 4.91. The molecule has 1 rings (SSSR count). The lowest BCUT2D eigenvalue weighted by Crippen LogP contribution is -2.67. The first-order valence-electron chi connectivity index (χ1n) is 4.91. The molecule has 0 aromatic carbocycles. The van der Waals surface area contributed by atoms with Crippen molar-refractivity contribution in [2.45, 2.75) is 51.3 Å². The molecule has 0 aliphatic carbocycles. The highest BCUT2D eigenvalue weighted by atomic mass is 16.6. The van der Waals surface area contributed by atoms with Gasteiger partial charge >= 0.3 is 5.97 Å². The first kappa shape index (κ1) is 11.2. The smallest absolute Gasteiger partial charge is 0.326 e. The Morgan fingerprint density at radius 1 is 1.50 bits per heavy atom. The van der Waals surface area contributed by atoms with Gasteiger partial charge in [-0.25, -0.2) is 0 Å². The van der Waals surface area contributed by atoms with Gasteiger partial charge < -0.3 is 4.74 Å². The normalized spacial score (nSPS) is 29.4. The second kappa shape index (κ2) is 3.39. The fourth-order valence-electron chi connectivity index (χ4n) is 1.85. The molecule has 0 bridgehead atoms. The molecule has 0 radical (unpaired) electrons. The lowest BCUT2D eigenvalue weighted by Gasteiger charge is -2.45. The Labute approximate surface area is 85.5 Å². The summed E-state index contributed by atoms with van der Waals surface area (Å²) in [5.41, 5.74) is -0.799. The quantitative estimate of drug-likeness (QED) is 0.540. The van der Waals surface area contributed by atoms with Crippen LogP contribution in [-0.4, -0.2) is 23.2 Å². The molecular weight excluding hydrogens is 178 g/mol. The van der Waals surface area contributed by atoms with E-state index < -0.39 is 5.54 Å². The van der Waals surface area contributed by atoms with Crippen molar-refractivity contribution >= 4 is 5.97 Å². The number of esters is 1. The number of hydrogen-bond acceptors (Lipinski definition) is 3. The highest BCUT2D eigenvalue weighted by Gasteiger charge is 2.46. The van der Waals surface area contributed by atoms with Gasteiger partial charge in [-0.15, -0.1) is 6.58 Å². The minimum Gasteiger partial charge on any atom is -0.459 e. The van der Waals surface area contributed by atoms with Crippen LogP contribution in [-0.2, 0) is 9.53 Å². The van der Waals surface area contributed by atoms with Crippen LogP contribution in [0.4, 0.5) is 0 Å². The van der Waals surface area contributed by atoms with Crippen molar-refractivity contribution in [3.8, 4) is 0 Å². The molecule has 14 heavy (non-hydrogen) atoms. The van der Waals surface area contributed by atoms with E-state index in [1.165, 1.54) is 0 Å². The largest absolute Gasteiger partial charge is 0.459 e. The summed E-state index contributed by atoms with van der Waals surface area (Å²) in [7, 11) is 0. The van der Waals surface area contributed by atoms with Crippen LogP contribution in [0, 0.1) is 0 Å². The third-order valence-corrected chi connectivity index (χ3v) is 2.58. The van der Waals surface area contributed by atoms with Gasteiger partial charge in [-0.1, -0.05) is 6.08 Å². The third kappa shape index (κ3) is 1.98. The maximum atomic E-state index is 11.6. The number of carbonyl (C=O) groups is 1. The maximum Gasteiger partial charge on any atom is 0.326 e. The lowest BCUT2D eigenvalue weighted by molar-refractivity contribution is -0.170. The molecule has 0 spiro atoms. The Bertz CT molecular complexity index is 256. The van der Waals surface area contributed by atoms with Gasteiger partial charge in [0.05, 0.1) is 5.54 Å². The second-order valence-corrected chi connectivity index (χ2v) is 4.89. The van der Waals surface area contributed by atoms with Crippen LogP contribution in [0.1, 0.15) is 34.1 Å². The van der Waals surface area contributed by atoms with Gasteiger partial charge in [-0.05, 0) is 27.7 Å². The van der Waals surface area contributed by atoms with Crippen LogP contribution >= 0.6 is 0 Å². The average Bonchev–Trinajstić information content (AvgIpc) is 1.99. The number of morpholine rings is 1. The second-order valence-electron chi connectivity index (χ2n) is 4.89. The van der Waals surface area contributed by atoms with Crippen LogP contribution in [0.3, 0.4) is 0 Å². The molecule has 0 aromatic rings. The van der Waals surface area contributed by atoms with Gasteiger partial charge in [0.25, 0.3) is 0 Å². The number of cyclic esters (lactones) is 1. The molecule has 1 heterocycles. The lowest BCUT2D eigenvalue weighted by atomic mass is 9.87. The van der Waals surface area contributed by atoms with E-state index in [-0.39, 0.29) is 17.6 Å². The van der Waals surface area contributed by atoms with Crippen LogP contribution in [0.25, 0.3) is 0 Å². The molecule has 0 saturated carbocycles. The summed E-state index contributed by atoms with van der Waals surface area (Å²) in [6, 6.07) is 0. The predicted molar refractivity (Wildman–Crippen MR) is 56.0 cm³/mol. The van der Waals surface area contributed by atoms with E-state index in [0.29, 0.717) is 6.42 Å². The summed E-state index contributed by atoms with van der Waals surface area (Å²) in [5, 5.41) is 3.29. The summed E-state index contributed by atoms with van der Waals surface area (Å²) in [5.74, 6) is -0.191. The van der Waals surface area contributed by atoms with E-state index >= 15 is 0 Å². The Kier molecular flexibility index (Phi) is 2.72. The molecule has 1 saturated heterocycles. The minimum absolute atomic E-state index is 0.125. The fourth-order valence-corrected chi connectivity index (χ4v) is 1.85. The van der Waals surface area contributed by atoms with Crippen molar-refractivity contribution in [3.63, 3.8) is 0 Å². The summed E-state index contributed by atoms with van der Waals surface area (Å²) in [6.45, 7) is 11.4. The van der Waals surface area contributed by atoms with E-state index in [1.807, 2.05) is 27.7 Å². The van der Waals surface area contributed by atoms with Crippen LogP contribution in [0.15, 0.2) is 12.7 Å². The van der Waals surface area contributed by atoms with Crippen molar-refractivity contribution in [1.29, 1.82) is 0 Å². The van der Waals surface area contributed by atoms with E-state index in [9.17, 15) is 4.79 Å². The fraction of sp³-hybridized carbons (Fsp3) is 0.727. The Balaban J connectivity index is 2.84. The molecule has 3 nitrogen and oxygen atoms in total. The zero-order chi connectivity index (χ0) is 11.0. The number of nitrogens with one attached hydrogen (secondary N) is 1. The van der Waals surface area contributed by atoms with E-state index in [4.69, 9.17) is 4.74 Å². The van der Waals surface area contributed by atoms with E-state index in [1.54, 1.807) is 6.08 Å². The molecule has 0 aromatic heterocycles. The molecule has 1 aliphatic heterocycles. The average molecular weight is 197 g/mol. The van der Waals surface area contributed by atoms with Gasteiger partial charge in [0, 0.05) is 6.42 Å². The molecule has 1 atom stereocenters. The van der Waals surface area contributed by atoms with Gasteiger partial charge in [0.2, 0.25) is 0 Å². The SMILES string of the molecule is C=CCC1OC(=O)C(C)(C)NC1(C)C. The van der Waals surface area contributed by atoms with Gasteiger partial charge in [-0.2, -0.15) is 0 Å². The van der Waals surface area contributed by atoms with E-state index in [0.717, 1.165) is 0 Å². The molecule has 1 unspecified atom stereocenters. The van der Waals surface area contributed by atoms with Crippen LogP contribution < -0.4 is 5.32 Å². The molecule has 1 fully saturated rings. The summed E-state index contributed by atoms with van der Waals surface area (Å²) in [6.07, 6.45) is 2.34. The zero-order valence-corrected chi connectivity index (χ0v) is 9.39. The molecule has 0 amide bonds. The Morgan fingerprint density at radius 3 is 2.57 bits per heavy atom. The Morgan fingerprint density at radius 2 is 2.07 bits per heavy atom. The predicted octanol–water partition coefficient (Wildman–Crippen LogP) is 1.63. The van der Waals surface area contributed by atoms with Crippen molar-refractivity contribution in [3.05, 3.63) is 12.7 Å². The Hall–Kier alpha value is -0.830. The van der Waals surface area contributed by atoms with Crippen molar-refractivity contribution in [2.75, 3.05) is 0 Å². The minimum atomic E-state index is -0.596.